The smallest absolute Gasteiger partial charge is 0.162 e. The molecule has 1 aliphatic heterocycles. The highest BCUT2D eigenvalue weighted by atomic mass is 35.5. The van der Waals surface area contributed by atoms with E-state index in [1.54, 1.807) is 0 Å². The molecule has 1 fully saturated rings. The molecule has 0 aliphatic carbocycles. The quantitative estimate of drug-likeness (QED) is 0.554. The summed E-state index contributed by atoms with van der Waals surface area (Å²) in [7, 11) is 0. The zero-order chi connectivity index (χ0) is 12.1. The highest BCUT2D eigenvalue weighted by molar-refractivity contribution is 5.74. The van der Waals surface area contributed by atoms with Gasteiger partial charge in [0.2, 0.25) is 0 Å². The molecule has 1 aliphatic rings. The first kappa shape index (κ1) is 16.0. The predicted molar refractivity (Wildman–Crippen MR) is 67.7 cm³/mol. The molecule has 0 spiro atoms. The SMILES string of the molecule is CC(C)=[N+]1CCC(C)(C)C(C)(C)C1(C)C.[Cl-]. The van der Waals surface area contributed by atoms with Gasteiger partial charge in [0, 0.05) is 39.5 Å². The number of hydrogen-bond donors (Lipinski definition) is 0. The fourth-order valence-corrected chi connectivity index (χ4v) is 2.93. The Kier molecular flexibility index (Phi) is 4.32. The molecule has 1 nitrogen and oxygen atoms in total. The third-order valence-corrected chi connectivity index (χ3v) is 5.40. The predicted octanol–water partition coefficient (Wildman–Crippen LogP) is 0.718. The minimum Gasteiger partial charge on any atom is -1.00 e. The Morgan fingerprint density at radius 2 is 1.38 bits per heavy atom. The molecule has 0 amide bonds. The zero-order valence-electron chi connectivity index (χ0n) is 12.2. The van der Waals surface area contributed by atoms with Crippen LogP contribution in [-0.4, -0.2) is 22.4 Å². The average molecular weight is 246 g/mol. The number of halogens is 1. The molecule has 0 radical (unpaired) electrons. The second-order valence-electron chi connectivity index (χ2n) is 6.92. The van der Waals surface area contributed by atoms with Gasteiger partial charge in [0.25, 0.3) is 0 Å². The lowest BCUT2D eigenvalue weighted by Crippen LogP contribution is -3.00. The second kappa shape index (κ2) is 4.33. The van der Waals surface area contributed by atoms with Gasteiger partial charge in [-0.05, 0) is 5.41 Å². The standard InChI is InChI=1S/C14H28N.ClH/c1-11(2)15-10-9-12(3,4)13(5,6)14(15,7)8;/h9-10H2,1-8H3;1H/q+1;/p-1. The minimum absolute atomic E-state index is 0. The van der Waals surface area contributed by atoms with Gasteiger partial charge in [-0.3, -0.25) is 0 Å². The van der Waals surface area contributed by atoms with E-state index in [1.165, 1.54) is 18.7 Å². The van der Waals surface area contributed by atoms with Gasteiger partial charge in [-0.2, -0.15) is 0 Å². The highest BCUT2D eigenvalue weighted by Gasteiger charge is 2.58. The number of nitrogens with zero attached hydrogens (tertiary/aromatic N) is 1. The van der Waals surface area contributed by atoms with Crippen LogP contribution in [0.4, 0.5) is 0 Å². The molecular weight excluding hydrogens is 218 g/mol. The van der Waals surface area contributed by atoms with Gasteiger partial charge < -0.3 is 12.4 Å². The normalized spacial score (nSPS) is 25.9. The van der Waals surface area contributed by atoms with Gasteiger partial charge in [-0.25, -0.2) is 4.58 Å². The Hall–Kier alpha value is -0.0400. The molecule has 0 N–H and O–H groups in total. The van der Waals surface area contributed by atoms with Crippen LogP contribution in [0.25, 0.3) is 0 Å². The molecule has 0 atom stereocenters. The molecule has 0 aromatic rings. The summed E-state index contributed by atoms with van der Waals surface area (Å²) in [6, 6.07) is 0. The van der Waals surface area contributed by atoms with Crippen LogP contribution in [0.15, 0.2) is 0 Å². The van der Waals surface area contributed by atoms with Crippen LogP contribution < -0.4 is 12.4 Å². The van der Waals surface area contributed by atoms with Crippen LogP contribution in [0.1, 0.15) is 61.8 Å². The van der Waals surface area contributed by atoms with Crippen molar-refractivity contribution >= 4 is 5.71 Å². The lowest BCUT2D eigenvalue weighted by molar-refractivity contribution is -0.641. The Morgan fingerprint density at radius 1 is 0.938 bits per heavy atom. The summed E-state index contributed by atoms with van der Waals surface area (Å²) in [6.45, 7) is 20.1. The van der Waals surface area contributed by atoms with Crippen molar-refractivity contribution < 1.29 is 17.0 Å². The number of rotatable bonds is 0. The molecule has 0 bridgehead atoms. The van der Waals surface area contributed by atoms with Crippen molar-refractivity contribution in [2.45, 2.75) is 67.3 Å². The molecular formula is C14H28ClN. The molecule has 96 valence electrons. The molecule has 0 saturated carbocycles. The second-order valence-corrected chi connectivity index (χ2v) is 6.92. The maximum Gasteiger partial charge on any atom is 0.162 e. The van der Waals surface area contributed by atoms with E-state index < -0.39 is 0 Å². The Morgan fingerprint density at radius 3 is 1.75 bits per heavy atom. The van der Waals surface area contributed by atoms with Crippen molar-refractivity contribution in [1.29, 1.82) is 0 Å². The highest BCUT2D eigenvalue weighted by Crippen LogP contribution is 2.53. The molecule has 0 aromatic heterocycles. The summed E-state index contributed by atoms with van der Waals surface area (Å²) < 4.78 is 2.58. The van der Waals surface area contributed by atoms with Gasteiger partial charge in [0.15, 0.2) is 5.54 Å². The van der Waals surface area contributed by atoms with Gasteiger partial charge in [0.05, 0.1) is 0 Å². The third-order valence-electron chi connectivity index (χ3n) is 5.40. The molecule has 1 heterocycles. The van der Waals surface area contributed by atoms with Crippen molar-refractivity contribution in [3.8, 4) is 0 Å². The molecule has 1 saturated heterocycles. The van der Waals surface area contributed by atoms with Crippen molar-refractivity contribution in [3.05, 3.63) is 0 Å². The summed E-state index contributed by atoms with van der Waals surface area (Å²) in [6.07, 6.45) is 1.29. The average Bonchev–Trinajstić information content (AvgIpc) is 2.00. The van der Waals surface area contributed by atoms with Gasteiger partial charge in [-0.15, -0.1) is 0 Å². The first-order valence-corrected chi connectivity index (χ1v) is 6.12. The monoisotopic (exact) mass is 245 g/mol. The van der Waals surface area contributed by atoms with Crippen LogP contribution in [0.5, 0.6) is 0 Å². The van der Waals surface area contributed by atoms with E-state index in [1.807, 2.05) is 0 Å². The van der Waals surface area contributed by atoms with E-state index in [9.17, 15) is 0 Å². The molecule has 16 heavy (non-hydrogen) atoms. The van der Waals surface area contributed by atoms with Crippen LogP contribution in [0.2, 0.25) is 0 Å². The topological polar surface area (TPSA) is 3.01 Å². The molecule has 0 unspecified atom stereocenters. The van der Waals surface area contributed by atoms with E-state index in [0.29, 0.717) is 10.8 Å². The lowest BCUT2D eigenvalue weighted by atomic mass is 9.55. The summed E-state index contributed by atoms with van der Waals surface area (Å²) in [4.78, 5) is 0. The summed E-state index contributed by atoms with van der Waals surface area (Å²) in [5.74, 6) is 0. The van der Waals surface area contributed by atoms with E-state index >= 15 is 0 Å². The van der Waals surface area contributed by atoms with Crippen molar-refractivity contribution in [2.75, 3.05) is 6.54 Å². The van der Waals surface area contributed by atoms with Crippen molar-refractivity contribution in [1.82, 2.24) is 0 Å². The van der Waals surface area contributed by atoms with Gasteiger partial charge >= 0.3 is 0 Å². The molecule has 0 aromatic carbocycles. The number of hydrogen-bond acceptors (Lipinski definition) is 0. The fraction of sp³-hybridized carbons (Fsp3) is 0.929. The van der Waals surface area contributed by atoms with Crippen LogP contribution >= 0.6 is 0 Å². The molecule has 1 rings (SSSR count). The van der Waals surface area contributed by atoms with Crippen LogP contribution in [-0.2, 0) is 0 Å². The fourth-order valence-electron chi connectivity index (χ4n) is 2.93. The third kappa shape index (κ3) is 2.03. The van der Waals surface area contributed by atoms with Crippen molar-refractivity contribution in [3.63, 3.8) is 0 Å². The Bertz CT molecular complexity index is 294. The van der Waals surface area contributed by atoms with Gasteiger partial charge in [-0.1, -0.05) is 27.7 Å². The van der Waals surface area contributed by atoms with E-state index in [2.05, 4.69) is 60.0 Å². The van der Waals surface area contributed by atoms with Crippen molar-refractivity contribution in [2.24, 2.45) is 10.8 Å². The minimum atomic E-state index is 0. The molecule has 2 heteroatoms. The largest absolute Gasteiger partial charge is 1.00 e. The van der Waals surface area contributed by atoms with E-state index in [4.69, 9.17) is 0 Å². The van der Waals surface area contributed by atoms with E-state index in [-0.39, 0.29) is 17.9 Å². The lowest BCUT2D eigenvalue weighted by Gasteiger charge is -2.53. The number of piperidine rings is 1. The summed E-state index contributed by atoms with van der Waals surface area (Å²) in [5.41, 5.74) is 2.44. The first-order valence-electron chi connectivity index (χ1n) is 6.12. The summed E-state index contributed by atoms with van der Waals surface area (Å²) in [5, 5.41) is 0. The maximum absolute atomic E-state index is 2.58. The van der Waals surface area contributed by atoms with Crippen LogP contribution in [0, 0.1) is 10.8 Å². The van der Waals surface area contributed by atoms with Gasteiger partial charge in [0.1, 0.15) is 12.3 Å². The first-order chi connectivity index (χ1) is 6.54. The van der Waals surface area contributed by atoms with E-state index in [0.717, 1.165) is 0 Å². The Labute approximate surface area is 108 Å². The zero-order valence-corrected chi connectivity index (χ0v) is 13.0. The Balaban J connectivity index is 0.00000225. The summed E-state index contributed by atoms with van der Waals surface area (Å²) >= 11 is 0. The maximum atomic E-state index is 2.58. The van der Waals surface area contributed by atoms with Crippen LogP contribution in [0.3, 0.4) is 0 Å².